The molecule has 8 heteroatoms. The number of aliphatic hydroxyl groups excluding tert-OH is 2. The van der Waals surface area contributed by atoms with Crippen molar-refractivity contribution in [2.45, 2.75) is 24.6 Å². The fourth-order valence-corrected chi connectivity index (χ4v) is 1.86. The molecule has 0 amide bonds. The molecule has 2 unspecified atom stereocenters. The maximum absolute atomic E-state index is 13.8. The maximum Gasteiger partial charge on any atom is 0.330 e. The van der Waals surface area contributed by atoms with Crippen LogP contribution in [0.3, 0.4) is 0 Å². The van der Waals surface area contributed by atoms with E-state index in [0.29, 0.717) is 0 Å². The zero-order chi connectivity index (χ0) is 14.2. The zero-order valence-electron chi connectivity index (χ0n) is 9.62. The first kappa shape index (κ1) is 13.5. The summed E-state index contributed by atoms with van der Waals surface area (Å²) in [5, 5.41) is 18.4. The van der Waals surface area contributed by atoms with Gasteiger partial charge in [0.05, 0.1) is 6.61 Å². The molecular formula is C11H11FN2O5. The minimum atomic E-state index is -1.92. The Bertz CT molecular complexity index is 631. The molecule has 0 bridgehead atoms. The van der Waals surface area contributed by atoms with Crippen LogP contribution in [0.4, 0.5) is 4.39 Å². The van der Waals surface area contributed by atoms with Crippen molar-refractivity contribution in [2.75, 3.05) is 6.61 Å². The molecule has 1 aromatic rings. The van der Waals surface area contributed by atoms with Gasteiger partial charge in [-0.05, 0) is 0 Å². The molecule has 0 saturated carbocycles. The van der Waals surface area contributed by atoms with E-state index in [-0.39, 0.29) is 5.56 Å². The number of alkyl halides is 1. The number of nitrogens with one attached hydrogen (secondary N) is 1. The van der Waals surface area contributed by atoms with Gasteiger partial charge in [-0.25, -0.2) is 9.18 Å². The Balaban J connectivity index is 2.46. The SMILES string of the molecule is C#Cc1cn([C@@H]2O[C@H](CO)C(O)C2F)c(=O)[nH]c1=O. The third-order valence-electron chi connectivity index (χ3n) is 2.87. The van der Waals surface area contributed by atoms with E-state index in [2.05, 4.69) is 0 Å². The van der Waals surface area contributed by atoms with Crippen LogP contribution in [-0.4, -0.2) is 44.8 Å². The second-order valence-corrected chi connectivity index (χ2v) is 4.04. The molecular weight excluding hydrogens is 259 g/mol. The highest BCUT2D eigenvalue weighted by molar-refractivity contribution is 5.26. The number of halogens is 1. The van der Waals surface area contributed by atoms with Gasteiger partial charge in [0, 0.05) is 6.20 Å². The maximum atomic E-state index is 13.8. The molecule has 3 N–H and O–H groups in total. The van der Waals surface area contributed by atoms with E-state index in [4.69, 9.17) is 16.3 Å². The van der Waals surface area contributed by atoms with Gasteiger partial charge in [0.25, 0.3) is 5.56 Å². The molecule has 1 saturated heterocycles. The lowest BCUT2D eigenvalue weighted by Gasteiger charge is -2.15. The summed E-state index contributed by atoms with van der Waals surface area (Å²) in [5.74, 6) is 2.04. The van der Waals surface area contributed by atoms with Crippen molar-refractivity contribution in [1.29, 1.82) is 0 Å². The van der Waals surface area contributed by atoms with Gasteiger partial charge in [-0.1, -0.05) is 5.92 Å². The molecule has 19 heavy (non-hydrogen) atoms. The Morgan fingerprint density at radius 2 is 2.26 bits per heavy atom. The second kappa shape index (κ2) is 4.97. The standard InChI is InChI=1S/C11H11FN2O5/c1-2-5-3-14(11(18)13-9(5)17)10-7(12)8(16)6(4-15)19-10/h1,3,6-8,10,15-16H,4H2,(H,13,17,18)/t6-,7?,8?,10-/m1/s1. The summed E-state index contributed by atoms with van der Waals surface area (Å²) in [6.45, 7) is -0.599. The number of hydrogen-bond donors (Lipinski definition) is 3. The molecule has 1 aromatic heterocycles. The number of H-pyrrole nitrogens is 1. The predicted molar refractivity (Wildman–Crippen MR) is 61.2 cm³/mol. The quantitative estimate of drug-likeness (QED) is 0.545. The first-order valence-electron chi connectivity index (χ1n) is 5.40. The summed E-state index contributed by atoms with van der Waals surface area (Å²) in [6, 6.07) is 0. The van der Waals surface area contributed by atoms with E-state index in [1.807, 2.05) is 10.9 Å². The summed E-state index contributed by atoms with van der Waals surface area (Å²) in [7, 11) is 0. The number of aliphatic hydroxyl groups is 2. The highest BCUT2D eigenvalue weighted by atomic mass is 19.1. The second-order valence-electron chi connectivity index (χ2n) is 4.04. The Morgan fingerprint density at radius 1 is 1.58 bits per heavy atom. The number of rotatable bonds is 2. The lowest BCUT2D eigenvalue weighted by atomic mass is 10.1. The summed E-state index contributed by atoms with van der Waals surface area (Å²) >= 11 is 0. The molecule has 102 valence electrons. The number of terminal acetylenes is 1. The van der Waals surface area contributed by atoms with Gasteiger partial charge in [0.2, 0.25) is 0 Å². The minimum absolute atomic E-state index is 0.169. The summed E-state index contributed by atoms with van der Waals surface area (Å²) in [5.41, 5.74) is -1.85. The van der Waals surface area contributed by atoms with Crippen molar-refractivity contribution < 1.29 is 19.3 Å². The fourth-order valence-electron chi connectivity index (χ4n) is 1.86. The highest BCUT2D eigenvalue weighted by Crippen LogP contribution is 2.30. The van der Waals surface area contributed by atoms with Crippen LogP contribution in [0.15, 0.2) is 15.8 Å². The third-order valence-corrected chi connectivity index (χ3v) is 2.87. The van der Waals surface area contributed by atoms with Gasteiger partial charge in [0.15, 0.2) is 12.4 Å². The molecule has 0 spiro atoms. The molecule has 1 fully saturated rings. The van der Waals surface area contributed by atoms with Crippen LogP contribution in [0, 0.1) is 12.3 Å². The van der Waals surface area contributed by atoms with Crippen LogP contribution < -0.4 is 11.2 Å². The average molecular weight is 270 g/mol. The van der Waals surface area contributed by atoms with Gasteiger partial charge < -0.3 is 14.9 Å². The van der Waals surface area contributed by atoms with E-state index in [1.165, 1.54) is 0 Å². The number of aromatic nitrogens is 2. The molecule has 1 aliphatic rings. The number of hydrogen-bond acceptors (Lipinski definition) is 5. The van der Waals surface area contributed by atoms with Crippen LogP contribution in [0.1, 0.15) is 11.8 Å². The molecule has 4 atom stereocenters. The zero-order valence-corrected chi connectivity index (χ0v) is 9.62. The Labute approximate surface area is 106 Å². The van der Waals surface area contributed by atoms with E-state index >= 15 is 0 Å². The van der Waals surface area contributed by atoms with Gasteiger partial charge in [-0.3, -0.25) is 14.3 Å². The first-order valence-corrected chi connectivity index (χ1v) is 5.40. The first-order chi connectivity index (χ1) is 8.99. The van der Waals surface area contributed by atoms with Crippen molar-refractivity contribution in [1.82, 2.24) is 9.55 Å². The summed E-state index contributed by atoms with van der Waals surface area (Å²) in [4.78, 5) is 24.8. The normalized spacial score (nSPS) is 30.2. The number of nitrogens with zero attached hydrogens (tertiary/aromatic N) is 1. The number of ether oxygens (including phenoxy) is 1. The molecule has 0 aliphatic carbocycles. The smallest absolute Gasteiger partial charge is 0.330 e. The van der Waals surface area contributed by atoms with E-state index in [0.717, 1.165) is 10.8 Å². The Hall–Kier alpha value is -1.95. The van der Waals surface area contributed by atoms with E-state index < -0.39 is 42.5 Å². The summed E-state index contributed by atoms with van der Waals surface area (Å²) in [6.07, 6.45) is -0.0400. The lowest BCUT2D eigenvalue weighted by molar-refractivity contribution is -0.0491. The molecule has 0 radical (unpaired) electrons. The van der Waals surface area contributed by atoms with Gasteiger partial charge in [0.1, 0.15) is 17.8 Å². The summed E-state index contributed by atoms with van der Waals surface area (Å²) < 4.78 is 19.6. The molecule has 1 aliphatic heterocycles. The van der Waals surface area contributed by atoms with E-state index in [1.54, 1.807) is 0 Å². The molecule has 0 aromatic carbocycles. The van der Waals surface area contributed by atoms with Crippen molar-refractivity contribution >= 4 is 0 Å². The fraction of sp³-hybridized carbons (Fsp3) is 0.455. The van der Waals surface area contributed by atoms with Crippen molar-refractivity contribution in [3.63, 3.8) is 0 Å². The molecule has 2 heterocycles. The van der Waals surface area contributed by atoms with Crippen molar-refractivity contribution in [3.8, 4) is 12.3 Å². The largest absolute Gasteiger partial charge is 0.394 e. The topological polar surface area (TPSA) is 105 Å². The molecule has 7 nitrogen and oxygen atoms in total. The van der Waals surface area contributed by atoms with Crippen LogP contribution in [-0.2, 0) is 4.74 Å². The highest BCUT2D eigenvalue weighted by Gasteiger charge is 2.45. The van der Waals surface area contributed by atoms with Crippen LogP contribution in [0.25, 0.3) is 0 Å². The van der Waals surface area contributed by atoms with Crippen molar-refractivity contribution in [2.24, 2.45) is 0 Å². The minimum Gasteiger partial charge on any atom is -0.394 e. The van der Waals surface area contributed by atoms with E-state index in [9.17, 15) is 19.1 Å². The third kappa shape index (κ3) is 2.19. The van der Waals surface area contributed by atoms with Crippen LogP contribution >= 0.6 is 0 Å². The molecule has 2 rings (SSSR count). The lowest BCUT2D eigenvalue weighted by Crippen LogP contribution is -2.37. The monoisotopic (exact) mass is 270 g/mol. The Morgan fingerprint density at radius 3 is 2.79 bits per heavy atom. The Kier molecular flexibility index (Phi) is 3.53. The van der Waals surface area contributed by atoms with Crippen LogP contribution in [0.2, 0.25) is 0 Å². The van der Waals surface area contributed by atoms with Gasteiger partial charge in [-0.2, -0.15) is 0 Å². The average Bonchev–Trinajstić information content (AvgIpc) is 2.67. The van der Waals surface area contributed by atoms with Gasteiger partial charge in [-0.15, -0.1) is 6.42 Å². The van der Waals surface area contributed by atoms with Crippen LogP contribution in [0.5, 0.6) is 0 Å². The predicted octanol–water partition coefficient (Wildman–Crippen LogP) is -1.89. The van der Waals surface area contributed by atoms with Gasteiger partial charge >= 0.3 is 5.69 Å². The number of aromatic amines is 1. The van der Waals surface area contributed by atoms with Crippen molar-refractivity contribution in [3.05, 3.63) is 32.6 Å².